The fourth-order valence-electron chi connectivity index (χ4n) is 2.45. The number of benzene rings is 1. The minimum absolute atomic E-state index is 0.0625. The maximum absolute atomic E-state index is 12.0. The summed E-state index contributed by atoms with van der Waals surface area (Å²) in [5.41, 5.74) is 0. The Morgan fingerprint density at radius 1 is 1.31 bits per heavy atom. The molecule has 26 heavy (non-hydrogen) atoms. The molecular weight excluding hydrogens is 378 g/mol. The first-order chi connectivity index (χ1) is 12.3. The quantitative estimate of drug-likeness (QED) is 0.519. The van der Waals surface area contributed by atoms with Crippen LogP contribution in [0.1, 0.15) is 20.3 Å². The zero-order valence-electron chi connectivity index (χ0n) is 14.8. The number of carbonyl (C=O) groups excluding carboxylic acids is 2. The molecule has 144 valence electrons. The molecule has 1 heterocycles. The smallest absolute Gasteiger partial charge is 0.317 e. The number of thioether (sulfide) groups is 1. The predicted molar refractivity (Wildman–Crippen MR) is 99.1 cm³/mol. The lowest BCUT2D eigenvalue weighted by Crippen LogP contribution is -2.42. The first-order valence-electron chi connectivity index (χ1n) is 8.35. The summed E-state index contributed by atoms with van der Waals surface area (Å²) in [7, 11) is -3.07. The summed E-state index contributed by atoms with van der Waals surface area (Å²) in [4.78, 5) is 24.8. The van der Waals surface area contributed by atoms with Crippen LogP contribution in [0.4, 0.5) is 0 Å². The highest BCUT2D eigenvalue weighted by atomic mass is 32.2. The van der Waals surface area contributed by atoms with Crippen molar-refractivity contribution in [1.29, 1.82) is 0 Å². The molecule has 2 rings (SSSR count). The molecule has 0 aromatic heterocycles. The van der Waals surface area contributed by atoms with Crippen molar-refractivity contribution >= 4 is 33.5 Å². The number of carbonyl (C=O) groups is 2. The Kier molecular flexibility index (Phi) is 7.33. The second-order valence-electron chi connectivity index (χ2n) is 5.93. The van der Waals surface area contributed by atoms with E-state index >= 15 is 0 Å². The lowest BCUT2D eigenvalue weighted by molar-refractivity contribution is -0.152. The lowest BCUT2D eigenvalue weighted by atomic mass is 10.2. The van der Waals surface area contributed by atoms with Crippen molar-refractivity contribution in [1.82, 2.24) is 5.32 Å². The predicted octanol–water partition coefficient (Wildman–Crippen LogP) is 1.41. The van der Waals surface area contributed by atoms with E-state index < -0.39 is 33.9 Å². The third kappa shape index (κ3) is 6.53. The van der Waals surface area contributed by atoms with Crippen molar-refractivity contribution in [2.75, 3.05) is 23.9 Å². The van der Waals surface area contributed by atoms with E-state index in [0.717, 1.165) is 10.6 Å². The van der Waals surface area contributed by atoms with Crippen molar-refractivity contribution in [3.8, 4) is 5.75 Å². The van der Waals surface area contributed by atoms with Crippen LogP contribution in [0.15, 0.2) is 29.2 Å². The molecule has 0 spiro atoms. The van der Waals surface area contributed by atoms with E-state index in [4.69, 9.17) is 9.47 Å². The summed E-state index contributed by atoms with van der Waals surface area (Å²) in [6, 6.07) is 6.93. The van der Waals surface area contributed by atoms with Gasteiger partial charge in [0.05, 0.1) is 23.9 Å². The van der Waals surface area contributed by atoms with Gasteiger partial charge in [0, 0.05) is 10.9 Å². The fraction of sp³-hybridized carbons (Fsp3) is 0.529. The molecule has 1 fully saturated rings. The second-order valence-corrected chi connectivity index (χ2v) is 9.21. The molecule has 1 aliphatic rings. The number of nitrogens with one attached hydrogen (secondary N) is 1. The molecule has 0 unspecified atom stereocenters. The van der Waals surface area contributed by atoms with Crippen molar-refractivity contribution in [2.24, 2.45) is 0 Å². The molecule has 1 aromatic rings. The Morgan fingerprint density at radius 2 is 2.00 bits per heavy atom. The van der Waals surface area contributed by atoms with Crippen LogP contribution in [0.25, 0.3) is 0 Å². The van der Waals surface area contributed by atoms with Crippen LogP contribution in [0.5, 0.6) is 5.75 Å². The standard InChI is InChI=1S/C17H23NO6S2/c1-3-23-14-4-6-15(7-5-14)25-10-16(19)24-12(2)17(20)18-13-8-9-26(21,22)11-13/h4-7,12-13H,3,8-11H2,1-2H3,(H,18,20)/t12-,13-/m0/s1. The summed E-state index contributed by atoms with van der Waals surface area (Å²) in [5.74, 6) is -0.142. The molecular formula is C17H23NO6S2. The summed E-state index contributed by atoms with van der Waals surface area (Å²) < 4.78 is 33.3. The normalized spacial score (nSPS) is 19.5. The molecule has 0 radical (unpaired) electrons. The van der Waals surface area contributed by atoms with Crippen molar-refractivity contribution in [3.05, 3.63) is 24.3 Å². The molecule has 2 atom stereocenters. The van der Waals surface area contributed by atoms with E-state index in [1.165, 1.54) is 18.7 Å². The first-order valence-corrected chi connectivity index (χ1v) is 11.2. The summed E-state index contributed by atoms with van der Waals surface area (Å²) >= 11 is 1.30. The van der Waals surface area contributed by atoms with E-state index in [9.17, 15) is 18.0 Å². The Balaban J connectivity index is 1.73. The van der Waals surface area contributed by atoms with Gasteiger partial charge in [-0.1, -0.05) is 0 Å². The third-order valence-electron chi connectivity index (χ3n) is 3.75. The number of ether oxygens (including phenoxy) is 2. The maximum atomic E-state index is 12.0. The number of sulfone groups is 1. The second kappa shape index (κ2) is 9.27. The van der Waals surface area contributed by atoms with E-state index in [2.05, 4.69) is 5.32 Å². The van der Waals surface area contributed by atoms with E-state index in [-0.39, 0.29) is 17.3 Å². The van der Waals surface area contributed by atoms with Crippen molar-refractivity contribution < 1.29 is 27.5 Å². The number of amides is 1. The average Bonchev–Trinajstić information content (AvgIpc) is 2.93. The number of hydrogen-bond acceptors (Lipinski definition) is 7. The molecule has 9 heteroatoms. The molecule has 1 aliphatic heterocycles. The zero-order valence-corrected chi connectivity index (χ0v) is 16.4. The molecule has 0 bridgehead atoms. The highest BCUT2D eigenvalue weighted by Crippen LogP contribution is 2.21. The fourth-order valence-corrected chi connectivity index (χ4v) is 4.81. The number of rotatable bonds is 8. The Morgan fingerprint density at radius 3 is 2.58 bits per heavy atom. The monoisotopic (exact) mass is 401 g/mol. The SMILES string of the molecule is CCOc1ccc(SCC(=O)O[C@@H](C)C(=O)N[C@H]2CCS(=O)(=O)C2)cc1. The summed E-state index contributed by atoms with van der Waals surface area (Å²) in [6.45, 7) is 3.96. The largest absolute Gasteiger partial charge is 0.494 e. The van der Waals surface area contributed by atoms with Crippen LogP contribution in [0, 0.1) is 0 Å². The topological polar surface area (TPSA) is 98.8 Å². The molecule has 1 aromatic carbocycles. The van der Waals surface area contributed by atoms with Crippen LogP contribution >= 0.6 is 11.8 Å². The third-order valence-corrected chi connectivity index (χ3v) is 6.50. The molecule has 0 aliphatic carbocycles. The van der Waals surface area contributed by atoms with Crippen LogP contribution in [0.2, 0.25) is 0 Å². The highest BCUT2D eigenvalue weighted by molar-refractivity contribution is 8.00. The molecule has 7 nitrogen and oxygen atoms in total. The van der Waals surface area contributed by atoms with E-state index in [0.29, 0.717) is 13.0 Å². The van der Waals surface area contributed by atoms with Gasteiger partial charge in [-0.3, -0.25) is 9.59 Å². The Bertz CT molecular complexity index is 732. The zero-order chi connectivity index (χ0) is 19.2. The average molecular weight is 402 g/mol. The minimum Gasteiger partial charge on any atom is -0.494 e. The minimum atomic E-state index is -3.07. The lowest BCUT2D eigenvalue weighted by Gasteiger charge is -2.16. The van der Waals surface area contributed by atoms with Crippen LogP contribution in [-0.4, -0.2) is 56.3 Å². The van der Waals surface area contributed by atoms with Crippen molar-refractivity contribution in [2.45, 2.75) is 37.3 Å². The van der Waals surface area contributed by atoms with Gasteiger partial charge in [-0.05, 0) is 44.5 Å². The van der Waals surface area contributed by atoms with Gasteiger partial charge in [0.1, 0.15) is 5.75 Å². The van der Waals surface area contributed by atoms with Crippen LogP contribution in [0.3, 0.4) is 0 Å². The summed E-state index contributed by atoms with van der Waals surface area (Å²) in [5, 5.41) is 2.62. The van der Waals surface area contributed by atoms with Gasteiger partial charge in [-0.2, -0.15) is 0 Å². The highest BCUT2D eigenvalue weighted by Gasteiger charge is 2.30. The van der Waals surface area contributed by atoms with Crippen molar-refractivity contribution in [3.63, 3.8) is 0 Å². The number of hydrogen-bond donors (Lipinski definition) is 1. The van der Waals surface area contributed by atoms with Gasteiger partial charge in [0.25, 0.3) is 5.91 Å². The summed E-state index contributed by atoms with van der Waals surface area (Å²) in [6.07, 6.45) is -0.575. The Labute approximate surface area is 157 Å². The van der Waals surface area contributed by atoms with Gasteiger partial charge in [0.15, 0.2) is 15.9 Å². The van der Waals surface area contributed by atoms with Gasteiger partial charge in [-0.25, -0.2) is 8.42 Å². The Hall–Kier alpha value is -1.74. The van der Waals surface area contributed by atoms with Gasteiger partial charge >= 0.3 is 5.97 Å². The van der Waals surface area contributed by atoms with Crippen LogP contribution < -0.4 is 10.1 Å². The van der Waals surface area contributed by atoms with E-state index in [1.54, 1.807) is 0 Å². The molecule has 1 saturated heterocycles. The molecule has 1 amide bonds. The first kappa shape index (κ1) is 20.6. The van der Waals surface area contributed by atoms with Gasteiger partial charge in [0.2, 0.25) is 0 Å². The number of esters is 1. The maximum Gasteiger partial charge on any atom is 0.317 e. The van der Waals surface area contributed by atoms with Crippen LogP contribution in [-0.2, 0) is 24.2 Å². The molecule has 1 N–H and O–H groups in total. The van der Waals surface area contributed by atoms with E-state index in [1.807, 2.05) is 31.2 Å². The van der Waals surface area contributed by atoms with Gasteiger partial charge < -0.3 is 14.8 Å². The molecule has 0 saturated carbocycles. The van der Waals surface area contributed by atoms with Gasteiger partial charge in [-0.15, -0.1) is 11.8 Å².